The van der Waals surface area contributed by atoms with Crippen molar-refractivity contribution in [2.24, 2.45) is 0 Å². The van der Waals surface area contributed by atoms with Gasteiger partial charge in [0.15, 0.2) is 12.2 Å². The topological polar surface area (TPSA) is 69.2 Å². The van der Waals surface area contributed by atoms with Gasteiger partial charge in [-0.25, -0.2) is 4.98 Å². The molecule has 0 aliphatic carbocycles. The second-order valence-electron chi connectivity index (χ2n) is 3.12. The van der Waals surface area contributed by atoms with Crippen molar-refractivity contribution in [3.63, 3.8) is 0 Å². The second kappa shape index (κ2) is 3.53. The number of aryl methyl sites for hydroxylation is 1. The Morgan fingerprint density at radius 3 is 2.87 bits per heavy atom. The Morgan fingerprint density at radius 2 is 2.27 bits per heavy atom. The van der Waals surface area contributed by atoms with Gasteiger partial charge in [0.1, 0.15) is 0 Å². The summed E-state index contributed by atoms with van der Waals surface area (Å²) in [6.07, 6.45) is 2.81. The second-order valence-corrected chi connectivity index (χ2v) is 3.12. The molecule has 0 aliphatic heterocycles. The third-order valence-corrected chi connectivity index (χ3v) is 2.12. The maximum absolute atomic E-state index is 10.7. The van der Waals surface area contributed by atoms with E-state index in [9.17, 15) is 10.1 Å². The summed E-state index contributed by atoms with van der Waals surface area (Å²) in [5.74, 6) is 0.526. The predicted octanol–water partition coefficient (Wildman–Crippen LogP) is 2.56. The van der Waals surface area contributed by atoms with Crippen LogP contribution in [0.15, 0.2) is 35.2 Å². The van der Waals surface area contributed by atoms with E-state index in [2.05, 4.69) is 4.98 Å². The molecule has 0 bridgehead atoms. The molecule has 2 rings (SSSR count). The molecule has 0 unspecified atom stereocenters. The Kier molecular flexibility index (Phi) is 2.21. The van der Waals surface area contributed by atoms with Gasteiger partial charge in [0.2, 0.25) is 0 Å². The predicted molar refractivity (Wildman–Crippen MR) is 53.3 cm³/mol. The molecule has 0 atom stereocenters. The van der Waals surface area contributed by atoms with Gasteiger partial charge < -0.3 is 4.42 Å². The first-order valence-electron chi connectivity index (χ1n) is 4.32. The van der Waals surface area contributed by atoms with Crippen LogP contribution in [0.5, 0.6) is 0 Å². The maximum atomic E-state index is 10.7. The third-order valence-electron chi connectivity index (χ3n) is 2.12. The highest BCUT2D eigenvalue weighted by atomic mass is 16.6. The number of nitro groups is 1. The molecule has 0 saturated heterocycles. The molecule has 0 fully saturated rings. The molecule has 5 nitrogen and oxygen atoms in total. The van der Waals surface area contributed by atoms with E-state index >= 15 is 0 Å². The van der Waals surface area contributed by atoms with Gasteiger partial charge >= 0.3 is 0 Å². The minimum atomic E-state index is -0.408. The molecule has 1 aromatic carbocycles. The van der Waals surface area contributed by atoms with Gasteiger partial charge in [0.05, 0.1) is 11.1 Å². The SMILES string of the molecule is Cc1ccc(-c2cnco2)cc1[N+](=O)[O-]. The van der Waals surface area contributed by atoms with Crippen molar-refractivity contribution in [1.82, 2.24) is 4.98 Å². The van der Waals surface area contributed by atoms with E-state index in [1.807, 2.05) is 0 Å². The van der Waals surface area contributed by atoms with Crippen LogP contribution in [0.1, 0.15) is 5.56 Å². The van der Waals surface area contributed by atoms with Crippen molar-refractivity contribution >= 4 is 5.69 Å². The van der Waals surface area contributed by atoms with Crippen molar-refractivity contribution in [3.8, 4) is 11.3 Å². The number of oxazole rings is 1. The molecule has 0 aliphatic rings. The van der Waals surface area contributed by atoms with Crippen LogP contribution in [-0.2, 0) is 0 Å². The fourth-order valence-corrected chi connectivity index (χ4v) is 1.32. The summed E-state index contributed by atoms with van der Waals surface area (Å²) in [7, 11) is 0. The van der Waals surface area contributed by atoms with Crippen molar-refractivity contribution in [3.05, 3.63) is 46.5 Å². The zero-order valence-electron chi connectivity index (χ0n) is 8.01. The van der Waals surface area contributed by atoms with Crippen molar-refractivity contribution in [2.45, 2.75) is 6.92 Å². The zero-order chi connectivity index (χ0) is 10.8. The van der Waals surface area contributed by atoms with E-state index in [4.69, 9.17) is 4.42 Å². The van der Waals surface area contributed by atoms with E-state index in [0.717, 1.165) is 0 Å². The maximum Gasteiger partial charge on any atom is 0.273 e. The van der Waals surface area contributed by atoms with Crippen LogP contribution >= 0.6 is 0 Å². The van der Waals surface area contributed by atoms with Gasteiger partial charge in [-0.15, -0.1) is 0 Å². The molecule has 1 heterocycles. The summed E-state index contributed by atoms with van der Waals surface area (Å²) in [4.78, 5) is 14.1. The molecule has 0 amide bonds. The molecule has 1 aromatic heterocycles. The lowest BCUT2D eigenvalue weighted by molar-refractivity contribution is -0.385. The molecular formula is C10H8N2O3. The summed E-state index contributed by atoms with van der Waals surface area (Å²) < 4.78 is 5.06. The van der Waals surface area contributed by atoms with E-state index in [0.29, 0.717) is 16.9 Å². The van der Waals surface area contributed by atoms with Crippen LogP contribution in [0.3, 0.4) is 0 Å². The molecule has 5 heteroatoms. The quantitative estimate of drug-likeness (QED) is 0.556. The Labute approximate surface area is 85.5 Å². The number of benzene rings is 1. The normalized spacial score (nSPS) is 10.2. The third kappa shape index (κ3) is 1.71. The molecular weight excluding hydrogens is 196 g/mol. The van der Waals surface area contributed by atoms with Crippen molar-refractivity contribution < 1.29 is 9.34 Å². The summed E-state index contributed by atoms with van der Waals surface area (Å²) in [6.45, 7) is 1.70. The number of aromatic nitrogens is 1. The summed E-state index contributed by atoms with van der Waals surface area (Å²) in [5.41, 5.74) is 1.37. The Morgan fingerprint density at radius 1 is 1.47 bits per heavy atom. The molecule has 15 heavy (non-hydrogen) atoms. The fraction of sp³-hybridized carbons (Fsp3) is 0.100. The minimum Gasteiger partial charge on any atom is -0.444 e. The lowest BCUT2D eigenvalue weighted by Crippen LogP contribution is -1.91. The van der Waals surface area contributed by atoms with Gasteiger partial charge in [-0.1, -0.05) is 12.1 Å². The van der Waals surface area contributed by atoms with Crippen LogP contribution in [0.4, 0.5) is 5.69 Å². The van der Waals surface area contributed by atoms with Crippen LogP contribution in [-0.4, -0.2) is 9.91 Å². The lowest BCUT2D eigenvalue weighted by Gasteiger charge is -1.99. The molecule has 0 spiro atoms. The molecule has 0 radical (unpaired) electrons. The number of nitrogens with zero attached hydrogens (tertiary/aromatic N) is 2. The largest absolute Gasteiger partial charge is 0.444 e. The minimum absolute atomic E-state index is 0.0869. The first-order valence-corrected chi connectivity index (χ1v) is 4.32. The summed E-state index contributed by atoms with van der Waals surface area (Å²) in [5, 5.41) is 10.7. The van der Waals surface area contributed by atoms with Crippen LogP contribution in [0, 0.1) is 17.0 Å². The Balaban J connectivity index is 2.52. The summed E-state index contributed by atoms with van der Waals surface area (Å²) >= 11 is 0. The molecule has 2 aromatic rings. The number of hydrogen-bond donors (Lipinski definition) is 0. The van der Waals surface area contributed by atoms with Gasteiger partial charge in [0.25, 0.3) is 5.69 Å². The molecule has 0 saturated carbocycles. The standard InChI is InChI=1S/C10H8N2O3/c1-7-2-3-8(4-9(7)12(13)14)10-5-11-6-15-10/h2-6H,1H3. The van der Waals surface area contributed by atoms with E-state index in [-0.39, 0.29) is 5.69 Å². The van der Waals surface area contributed by atoms with E-state index < -0.39 is 4.92 Å². The first-order chi connectivity index (χ1) is 7.18. The van der Waals surface area contributed by atoms with Gasteiger partial charge in [0, 0.05) is 17.2 Å². The Hall–Kier alpha value is -2.17. The highest BCUT2D eigenvalue weighted by molar-refractivity contribution is 5.62. The number of rotatable bonds is 2. The monoisotopic (exact) mass is 204 g/mol. The molecule has 0 N–H and O–H groups in total. The summed E-state index contributed by atoms with van der Waals surface area (Å²) in [6, 6.07) is 4.94. The highest BCUT2D eigenvalue weighted by Crippen LogP contribution is 2.26. The zero-order valence-corrected chi connectivity index (χ0v) is 8.01. The van der Waals surface area contributed by atoms with Crippen LogP contribution < -0.4 is 0 Å². The molecule has 76 valence electrons. The average molecular weight is 204 g/mol. The highest BCUT2D eigenvalue weighted by Gasteiger charge is 2.12. The lowest BCUT2D eigenvalue weighted by atomic mass is 10.1. The van der Waals surface area contributed by atoms with Crippen LogP contribution in [0.2, 0.25) is 0 Å². The number of nitro benzene ring substituents is 1. The van der Waals surface area contributed by atoms with E-state index in [1.165, 1.54) is 18.7 Å². The average Bonchev–Trinajstić information content (AvgIpc) is 2.71. The first kappa shape index (κ1) is 9.39. The van der Waals surface area contributed by atoms with Gasteiger partial charge in [-0.3, -0.25) is 10.1 Å². The fourth-order valence-electron chi connectivity index (χ4n) is 1.32. The van der Waals surface area contributed by atoms with Gasteiger partial charge in [-0.05, 0) is 6.92 Å². The smallest absolute Gasteiger partial charge is 0.273 e. The Bertz CT molecular complexity index is 491. The van der Waals surface area contributed by atoms with Gasteiger partial charge in [-0.2, -0.15) is 0 Å². The van der Waals surface area contributed by atoms with Crippen molar-refractivity contribution in [2.75, 3.05) is 0 Å². The number of hydrogen-bond acceptors (Lipinski definition) is 4. The van der Waals surface area contributed by atoms with Crippen molar-refractivity contribution in [1.29, 1.82) is 0 Å². The van der Waals surface area contributed by atoms with E-state index in [1.54, 1.807) is 19.1 Å². The van der Waals surface area contributed by atoms with Crippen LogP contribution in [0.25, 0.3) is 11.3 Å².